The number of rotatable bonds is 6. The van der Waals surface area contributed by atoms with Crippen LogP contribution >= 0.6 is 22.7 Å². The van der Waals surface area contributed by atoms with Crippen molar-refractivity contribution < 1.29 is 33.6 Å². The number of carbonyl (C=O) groups excluding carboxylic acids is 2. The van der Waals surface area contributed by atoms with Crippen molar-refractivity contribution in [3.63, 3.8) is 0 Å². The number of aliphatic hydroxyl groups is 1. The Hall–Kier alpha value is -4.44. The first-order chi connectivity index (χ1) is 21.8. The maximum absolute atomic E-state index is 12.3. The molecule has 21 heteroatoms. The number of aromatic amines is 2. The smallest absolute Gasteiger partial charge is 0.311 e. The topological polar surface area (TPSA) is 279 Å². The molecular weight excluding hydrogens is 652 g/mol. The van der Waals surface area contributed by atoms with Crippen molar-refractivity contribution in [2.24, 2.45) is 0 Å². The Bertz CT molecular complexity index is 1880. The molecule has 0 aromatic carbocycles. The van der Waals surface area contributed by atoms with Crippen LogP contribution in [0.1, 0.15) is 52.5 Å². The first kappa shape index (κ1) is 32.9. The van der Waals surface area contributed by atoms with E-state index < -0.39 is 63.6 Å². The third kappa shape index (κ3) is 6.44. The molecule has 4 aromatic rings. The van der Waals surface area contributed by atoms with E-state index in [4.69, 9.17) is 30.4 Å². The first-order valence-electron chi connectivity index (χ1n) is 13.9. The molecule has 4 aromatic heterocycles. The maximum atomic E-state index is 12.3. The van der Waals surface area contributed by atoms with E-state index in [9.17, 15) is 33.9 Å². The third-order valence-electron chi connectivity index (χ3n) is 7.08. The molecule has 0 amide bonds. The number of hydrogen-bond acceptors (Lipinski definition) is 17. The summed E-state index contributed by atoms with van der Waals surface area (Å²) in [6, 6.07) is 0. The van der Waals surface area contributed by atoms with Gasteiger partial charge in [0, 0.05) is 26.7 Å². The summed E-state index contributed by atoms with van der Waals surface area (Å²) < 4.78 is 24.5. The molecule has 7 N–H and O–H groups in total. The molecule has 2 fully saturated rings. The van der Waals surface area contributed by atoms with Crippen LogP contribution in [0.2, 0.25) is 0 Å². The highest BCUT2D eigenvalue weighted by molar-refractivity contribution is 7.16. The molecule has 0 aliphatic carbocycles. The van der Waals surface area contributed by atoms with Crippen LogP contribution in [0.25, 0.3) is 20.7 Å². The summed E-state index contributed by atoms with van der Waals surface area (Å²) in [5.74, 6) is -1.24. The van der Waals surface area contributed by atoms with Crippen molar-refractivity contribution in [1.29, 1.82) is 0 Å². The first-order valence-corrected chi connectivity index (χ1v) is 15.5. The van der Waals surface area contributed by atoms with Gasteiger partial charge in [0.15, 0.2) is 23.8 Å². The molecule has 2 unspecified atom stereocenters. The van der Waals surface area contributed by atoms with Crippen molar-refractivity contribution >= 4 is 67.2 Å². The second-order valence-electron chi connectivity index (χ2n) is 10.3. The number of thiazole rings is 2. The van der Waals surface area contributed by atoms with Gasteiger partial charge in [0.1, 0.15) is 21.6 Å². The number of hydrogen-bond donors (Lipinski definition) is 5. The lowest BCUT2D eigenvalue weighted by atomic mass is 10.1. The number of anilines is 2. The minimum atomic E-state index is -0.981. The van der Waals surface area contributed by atoms with Gasteiger partial charge in [-0.3, -0.25) is 47.9 Å². The zero-order valence-electron chi connectivity index (χ0n) is 24.6. The van der Waals surface area contributed by atoms with Crippen molar-refractivity contribution in [2.45, 2.75) is 76.9 Å². The van der Waals surface area contributed by atoms with Crippen molar-refractivity contribution in [1.82, 2.24) is 29.1 Å². The number of aliphatic hydroxyl groups excluding tert-OH is 1. The Labute approximate surface area is 264 Å². The monoisotopic (exact) mass is 682 g/mol. The molecule has 6 heterocycles. The molecule has 2 aliphatic heterocycles. The highest BCUT2D eigenvalue weighted by Gasteiger charge is 2.41. The van der Waals surface area contributed by atoms with Gasteiger partial charge in [0.2, 0.25) is 11.9 Å². The fourth-order valence-corrected chi connectivity index (χ4v) is 6.93. The van der Waals surface area contributed by atoms with Crippen LogP contribution in [-0.4, -0.2) is 77.1 Å². The number of nitrogens with one attached hydrogen (secondary N) is 2. The summed E-state index contributed by atoms with van der Waals surface area (Å²) >= 11 is 1.45. The van der Waals surface area contributed by atoms with Gasteiger partial charge in [-0.05, 0) is 6.42 Å². The van der Waals surface area contributed by atoms with Gasteiger partial charge in [0.05, 0.1) is 18.8 Å². The Kier molecular flexibility index (Phi) is 9.39. The Morgan fingerprint density at radius 2 is 1.26 bits per heavy atom. The van der Waals surface area contributed by atoms with Crippen LogP contribution in [0.4, 0.5) is 11.9 Å². The van der Waals surface area contributed by atoms with Gasteiger partial charge < -0.3 is 35.5 Å². The molecule has 19 nitrogen and oxygen atoms in total. The molecule has 0 bridgehead atoms. The SMILES string of the molecule is CC(=O)OC1C[C@@H](CO)O[C@H]1n1c(=O)sc2c(=O)[nH]c(N)nc21.CC[C@@H]1CC(OC(C)=O)[C@H](n2c(=O)sc3c(=O)[nH]c(N)nc32)O1. The molecule has 0 spiro atoms. The van der Waals surface area contributed by atoms with Gasteiger partial charge >= 0.3 is 21.7 Å². The van der Waals surface area contributed by atoms with E-state index >= 15 is 0 Å². The molecule has 0 saturated carbocycles. The lowest BCUT2D eigenvalue weighted by Crippen LogP contribution is -2.30. The van der Waals surface area contributed by atoms with Gasteiger partial charge in [-0.15, -0.1) is 0 Å². The summed E-state index contributed by atoms with van der Waals surface area (Å²) in [6.07, 6.45) is -2.52. The molecular formula is C25H30N8O11S2. The standard InChI is InChI=1S/C13H16N4O5S.C12H14N4O6S/c1-3-6-4-7(21-5(2)18)11(22-6)17-9-8(23-13(17)20)10(19)16-12(14)15-9;1-4(18)21-6-2-5(3-17)22-10(6)16-8-7(23-12(16)20)9(19)15-11(13)14-8/h6-7,11H,3-4H2,1-2H3,(H3,14,15,16,19);5-6,10,17H,2-3H2,1H3,(H3,13,14,15,19)/t6-,7?,11-;5-,6?,10+/m10/s1. The predicted molar refractivity (Wildman–Crippen MR) is 163 cm³/mol. The maximum Gasteiger partial charge on any atom is 0.311 e. The summed E-state index contributed by atoms with van der Waals surface area (Å²) in [4.78, 5) is 82.8. The second kappa shape index (κ2) is 13.1. The van der Waals surface area contributed by atoms with Gasteiger partial charge in [-0.1, -0.05) is 29.6 Å². The van der Waals surface area contributed by atoms with Gasteiger partial charge in [-0.25, -0.2) is 0 Å². The number of aromatic nitrogens is 6. The van der Waals surface area contributed by atoms with E-state index in [0.29, 0.717) is 24.2 Å². The highest BCUT2D eigenvalue weighted by Crippen LogP contribution is 2.34. The van der Waals surface area contributed by atoms with E-state index in [-0.39, 0.29) is 51.7 Å². The van der Waals surface area contributed by atoms with Crippen LogP contribution < -0.4 is 32.3 Å². The van der Waals surface area contributed by atoms with E-state index in [1.54, 1.807) is 0 Å². The van der Waals surface area contributed by atoms with Gasteiger partial charge in [0.25, 0.3) is 11.1 Å². The number of ether oxygens (including phenoxy) is 4. The average molecular weight is 683 g/mol. The zero-order valence-corrected chi connectivity index (χ0v) is 26.2. The fraction of sp³-hybridized carbons (Fsp3) is 0.520. The van der Waals surface area contributed by atoms with Crippen LogP contribution in [0.3, 0.4) is 0 Å². The van der Waals surface area contributed by atoms with Crippen LogP contribution in [0, 0.1) is 0 Å². The Balaban J connectivity index is 0.000000181. The largest absolute Gasteiger partial charge is 0.458 e. The lowest BCUT2D eigenvalue weighted by Gasteiger charge is -2.19. The van der Waals surface area contributed by atoms with Crippen LogP contribution in [0.5, 0.6) is 0 Å². The number of nitrogens with two attached hydrogens (primary N) is 2. The molecule has 2 saturated heterocycles. The summed E-state index contributed by atoms with van der Waals surface area (Å²) in [5.41, 5.74) is 10.3. The Morgan fingerprint density at radius 1 is 0.848 bits per heavy atom. The molecule has 0 radical (unpaired) electrons. The number of nitrogen functional groups attached to an aromatic ring is 2. The van der Waals surface area contributed by atoms with E-state index in [0.717, 1.165) is 15.9 Å². The molecule has 2 aliphatic rings. The number of esters is 2. The summed E-state index contributed by atoms with van der Waals surface area (Å²) in [7, 11) is 0. The van der Waals surface area contributed by atoms with Crippen LogP contribution in [-0.2, 0) is 28.5 Å². The Morgan fingerprint density at radius 3 is 1.65 bits per heavy atom. The quantitative estimate of drug-likeness (QED) is 0.157. The average Bonchev–Trinajstić information content (AvgIpc) is 3.71. The summed E-state index contributed by atoms with van der Waals surface area (Å²) in [6.45, 7) is 4.18. The number of fused-ring (bicyclic) bond motifs is 2. The van der Waals surface area contributed by atoms with Crippen molar-refractivity contribution in [2.75, 3.05) is 18.1 Å². The lowest BCUT2D eigenvalue weighted by molar-refractivity contribution is -0.153. The number of carbonyl (C=O) groups is 2. The normalized spacial score (nSPS) is 24.2. The highest BCUT2D eigenvalue weighted by atomic mass is 32.1. The minimum Gasteiger partial charge on any atom is -0.458 e. The summed E-state index contributed by atoms with van der Waals surface area (Å²) in [5, 5.41) is 9.26. The van der Waals surface area contributed by atoms with E-state index in [1.165, 1.54) is 18.4 Å². The fourth-order valence-electron chi connectivity index (χ4n) is 5.25. The molecule has 46 heavy (non-hydrogen) atoms. The second-order valence-corrected chi connectivity index (χ2v) is 12.3. The zero-order chi connectivity index (χ0) is 33.4. The van der Waals surface area contributed by atoms with Crippen molar-refractivity contribution in [3.8, 4) is 0 Å². The third-order valence-corrected chi connectivity index (χ3v) is 8.96. The van der Waals surface area contributed by atoms with Crippen LogP contribution in [0.15, 0.2) is 19.2 Å². The minimum absolute atomic E-state index is 0.0574. The molecule has 248 valence electrons. The predicted octanol–water partition coefficient (Wildman–Crippen LogP) is -0.702. The van der Waals surface area contributed by atoms with Gasteiger partial charge in [-0.2, -0.15) is 9.97 Å². The number of H-pyrrole nitrogens is 2. The molecule has 6 atom stereocenters. The van der Waals surface area contributed by atoms with Crippen molar-refractivity contribution in [3.05, 3.63) is 40.0 Å². The number of nitrogens with zero attached hydrogens (tertiary/aromatic N) is 4. The van der Waals surface area contributed by atoms with E-state index in [2.05, 4.69) is 19.9 Å². The molecule has 6 rings (SSSR count). The van der Waals surface area contributed by atoms with E-state index in [1.807, 2.05) is 6.92 Å².